The predicted molar refractivity (Wildman–Crippen MR) is 73.9 cm³/mol. The number of pyridine rings is 1. The van der Waals surface area contributed by atoms with Crippen molar-refractivity contribution in [3.8, 4) is 0 Å². The van der Waals surface area contributed by atoms with E-state index in [0.717, 1.165) is 30.8 Å². The highest BCUT2D eigenvalue weighted by Gasteiger charge is 2.27. The molecule has 1 saturated heterocycles. The zero-order valence-corrected chi connectivity index (χ0v) is 11.5. The highest BCUT2D eigenvalue weighted by atomic mass is 16.3. The van der Waals surface area contributed by atoms with Crippen LogP contribution >= 0.6 is 0 Å². The standard InChI is InChI=1S/C14H21N3O2/c1-10(18)12-6-3-7-16-13(12)17-8-4-5-11(9-17)14(19)15-2/h3,6-7,10-11,18H,4-5,8-9H2,1-2H3,(H,15,19). The number of hydrogen-bond donors (Lipinski definition) is 2. The van der Waals surface area contributed by atoms with Crippen LogP contribution in [0.15, 0.2) is 18.3 Å². The van der Waals surface area contributed by atoms with Gasteiger partial charge in [-0.1, -0.05) is 6.07 Å². The molecule has 1 fully saturated rings. The number of amides is 1. The number of aliphatic hydroxyl groups is 1. The molecular weight excluding hydrogens is 242 g/mol. The average Bonchev–Trinajstić information content (AvgIpc) is 2.46. The molecule has 2 unspecified atom stereocenters. The zero-order valence-electron chi connectivity index (χ0n) is 11.5. The number of anilines is 1. The van der Waals surface area contributed by atoms with Gasteiger partial charge in [0, 0.05) is 31.9 Å². The molecule has 0 radical (unpaired) electrons. The topological polar surface area (TPSA) is 65.5 Å². The van der Waals surface area contributed by atoms with Gasteiger partial charge in [-0.25, -0.2) is 4.98 Å². The van der Waals surface area contributed by atoms with E-state index in [1.54, 1.807) is 20.2 Å². The van der Waals surface area contributed by atoms with Crippen molar-refractivity contribution in [3.63, 3.8) is 0 Å². The number of carbonyl (C=O) groups excluding carboxylic acids is 1. The Kier molecular flexibility index (Phi) is 4.37. The summed E-state index contributed by atoms with van der Waals surface area (Å²) >= 11 is 0. The Morgan fingerprint density at radius 3 is 3.11 bits per heavy atom. The summed E-state index contributed by atoms with van der Waals surface area (Å²) in [5.41, 5.74) is 0.819. The van der Waals surface area contributed by atoms with Crippen LogP contribution in [0.1, 0.15) is 31.4 Å². The molecular formula is C14H21N3O2. The summed E-state index contributed by atoms with van der Waals surface area (Å²) in [5.74, 6) is 0.882. The number of nitrogens with one attached hydrogen (secondary N) is 1. The van der Waals surface area contributed by atoms with Gasteiger partial charge in [-0.05, 0) is 25.8 Å². The molecule has 1 aliphatic heterocycles. The van der Waals surface area contributed by atoms with Gasteiger partial charge in [-0.3, -0.25) is 4.79 Å². The largest absolute Gasteiger partial charge is 0.389 e. The summed E-state index contributed by atoms with van der Waals surface area (Å²) in [6, 6.07) is 3.71. The van der Waals surface area contributed by atoms with Gasteiger partial charge < -0.3 is 15.3 Å². The maximum absolute atomic E-state index is 11.8. The predicted octanol–water partition coefficient (Wildman–Crippen LogP) is 1.10. The molecule has 1 aromatic heterocycles. The van der Waals surface area contributed by atoms with Gasteiger partial charge in [0.2, 0.25) is 5.91 Å². The summed E-state index contributed by atoms with van der Waals surface area (Å²) in [7, 11) is 1.67. The SMILES string of the molecule is CNC(=O)C1CCCN(c2ncccc2C(C)O)C1. The first-order chi connectivity index (χ1) is 9.13. The van der Waals surface area contributed by atoms with Gasteiger partial charge in [0.1, 0.15) is 5.82 Å². The van der Waals surface area contributed by atoms with E-state index in [9.17, 15) is 9.90 Å². The number of aromatic nitrogens is 1. The van der Waals surface area contributed by atoms with E-state index in [1.165, 1.54) is 0 Å². The average molecular weight is 263 g/mol. The van der Waals surface area contributed by atoms with Crippen LogP contribution in [-0.2, 0) is 4.79 Å². The Morgan fingerprint density at radius 1 is 1.63 bits per heavy atom. The fraction of sp³-hybridized carbons (Fsp3) is 0.571. The minimum atomic E-state index is -0.552. The van der Waals surface area contributed by atoms with Crippen LogP contribution in [-0.4, -0.2) is 36.1 Å². The lowest BCUT2D eigenvalue weighted by molar-refractivity contribution is -0.124. The minimum absolute atomic E-state index is 0.00241. The van der Waals surface area contributed by atoms with Gasteiger partial charge in [0.25, 0.3) is 0 Å². The Morgan fingerprint density at radius 2 is 2.42 bits per heavy atom. The van der Waals surface area contributed by atoms with Crippen molar-refractivity contribution in [1.29, 1.82) is 0 Å². The van der Waals surface area contributed by atoms with E-state index >= 15 is 0 Å². The van der Waals surface area contributed by atoms with Crippen molar-refractivity contribution < 1.29 is 9.90 Å². The second-order valence-electron chi connectivity index (χ2n) is 4.99. The molecule has 1 aromatic rings. The monoisotopic (exact) mass is 263 g/mol. The van der Waals surface area contributed by atoms with Gasteiger partial charge in [0.05, 0.1) is 12.0 Å². The van der Waals surface area contributed by atoms with E-state index < -0.39 is 6.10 Å². The molecule has 0 aromatic carbocycles. The number of aliphatic hydroxyl groups excluding tert-OH is 1. The molecule has 0 bridgehead atoms. The van der Waals surface area contributed by atoms with E-state index in [-0.39, 0.29) is 11.8 Å². The zero-order chi connectivity index (χ0) is 13.8. The van der Waals surface area contributed by atoms with Crippen LogP contribution in [0.4, 0.5) is 5.82 Å². The number of hydrogen-bond acceptors (Lipinski definition) is 4. The normalized spacial score (nSPS) is 21.0. The summed E-state index contributed by atoms with van der Waals surface area (Å²) in [6.45, 7) is 3.28. The maximum atomic E-state index is 11.8. The summed E-state index contributed by atoms with van der Waals surface area (Å²) in [6.07, 6.45) is 3.05. The second kappa shape index (κ2) is 6.02. The maximum Gasteiger partial charge on any atom is 0.224 e. The molecule has 1 aliphatic rings. The number of nitrogens with zero attached hydrogens (tertiary/aromatic N) is 2. The third-order valence-corrected chi connectivity index (χ3v) is 3.61. The van der Waals surface area contributed by atoms with E-state index in [0.29, 0.717) is 6.54 Å². The molecule has 19 heavy (non-hydrogen) atoms. The summed E-state index contributed by atoms with van der Waals surface area (Å²) < 4.78 is 0. The Hall–Kier alpha value is -1.62. The van der Waals surface area contributed by atoms with Crippen LogP contribution < -0.4 is 10.2 Å². The molecule has 104 valence electrons. The molecule has 0 saturated carbocycles. The van der Waals surface area contributed by atoms with Crippen LogP contribution in [0, 0.1) is 5.92 Å². The first-order valence-electron chi connectivity index (χ1n) is 6.73. The van der Waals surface area contributed by atoms with Gasteiger partial charge >= 0.3 is 0 Å². The quantitative estimate of drug-likeness (QED) is 0.857. The lowest BCUT2D eigenvalue weighted by atomic mass is 9.96. The van der Waals surface area contributed by atoms with Gasteiger partial charge in [-0.2, -0.15) is 0 Å². The molecule has 1 amide bonds. The van der Waals surface area contributed by atoms with Crippen molar-refractivity contribution in [2.75, 3.05) is 25.0 Å². The van der Waals surface area contributed by atoms with Crippen molar-refractivity contribution in [1.82, 2.24) is 10.3 Å². The van der Waals surface area contributed by atoms with E-state index in [1.807, 2.05) is 12.1 Å². The summed E-state index contributed by atoms with van der Waals surface area (Å²) in [5, 5.41) is 12.5. The van der Waals surface area contributed by atoms with Crippen LogP contribution in [0.5, 0.6) is 0 Å². The van der Waals surface area contributed by atoms with Crippen molar-refractivity contribution >= 4 is 11.7 Å². The lowest BCUT2D eigenvalue weighted by Gasteiger charge is -2.34. The molecule has 2 atom stereocenters. The smallest absolute Gasteiger partial charge is 0.224 e. The molecule has 5 nitrogen and oxygen atoms in total. The molecule has 2 rings (SSSR count). The number of carbonyl (C=O) groups is 1. The molecule has 2 heterocycles. The van der Waals surface area contributed by atoms with Crippen LogP contribution in [0.3, 0.4) is 0 Å². The number of piperidine rings is 1. The van der Waals surface area contributed by atoms with Crippen LogP contribution in [0.2, 0.25) is 0 Å². The molecule has 2 N–H and O–H groups in total. The van der Waals surface area contributed by atoms with Gasteiger partial charge in [-0.15, -0.1) is 0 Å². The lowest BCUT2D eigenvalue weighted by Crippen LogP contribution is -2.42. The minimum Gasteiger partial charge on any atom is -0.389 e. The third-order valence-electron chi connectivity index (χ3n) is 3.61. The highest BCUT2D eigenvalue weighted by molar-refractivity contribution is 5.79. The van der Waals surface area contributed by atoms with Gasteiger partial charge in [0.15, 0.2) is 0 Å². The van der Waals surface area contributed by atoms with E-state index in [4.69, 9.17) is 0 Å². The van der Waals surface area contributed by atoms with E-state index in [2.05, 4.69) is 15.2 Å². The highest BCUT2D eigenvalue weighted by Crippen LogP contribution is 2.27. The van der Waals surface area contributed by atoms with Crippen molar-refractivity contribution in [2.45, 2.75) is 25.9 Å². The Balaban J connectivity index is 2.20. The number of rotatable bonds is 3. The van der Waals surface area contributed by atoms with Crippen molar-refractivity contribution in [3.05, 3.63) is 23.9 Å². The fourth-order valence-electron chi connectivity index (χ4n) is 2.59. The summed E-state index contributed by atoms with van der Waals surface area (Å²) in [4.78, 5) is 18.2. The molecule has 5 heteroatoms. The molecule has 0 spiro atoms. The fourth-order valence-corrected chi connectivity index (χ4v) is 2.59. The Bertz CT molecular complexity index is 448. The first kappa shape index (κ1) is 13.8. The van der Waals surface area contributed by atoms with Crippen LogP contribution in [0.25, 0.3) is 0 Å². The third kappa shape index (κ3) is 3.04. The van der Waals surface area contributed by atoms with Crippen molar-refractivity contribution in [2.24, 2.45) is 5.92 Å². The first-order valence-corrected chi connectivity index (χ1v) is 6.73. The second-order valence-corrected chi connectivity index (χ2v) is 4.99. The molecule has 0 aliphatic carbocycles. The Labute approximate surface area is 113 Å².